The number of hydrogen-bond donors (Lipinski definition) is 7. The van der Waals surface area contributed by atoms with Gasteiger partial charge in [-0.15, -0.1) is 0 Å². The molecule has 250 valence electrons. The Bertz CT molecular complexity index is 1520. The minimum Gasteiger partial charge on any atom is -0.422 e. The molecule has 1 aliphatic rings. The number of carbonyl (C=O) groups is 2. The molecule has 4 rings (SSSR count). The molecule has 1 aliphatic heterocycles. The molecule has 1 fully saturated rings. The second kappa shape index (κ2) is 16.1. The second-order valence-corrected chi connectivity index (χ2v) is 11.5. The number of rotatable bonds is 14. The normalized spacial score (nSPS) is 22.1. The summed E-state index contributed by atoms with van der Waals surface area (Å²) < 4.78 is 11.0. The van der Waals surface area contributed by atoms with Gasteiger partial charge in [-0.05, 0) is 74.3 Å². The van der Waals surface area contributed by atoms with E-state index in [0.717, 1.165) is 26.1 Å². The quantitative estimate of drug-likeness (QED) is 0.0749. The maximum absolute atomic E-state index is 12.9. The molecule has 0 radical (unpaired) electrons. The molecule has 0 spiro atoms. The first kappa shape index (κ1) is 35.0. The number of amides is 2. The molecule has 13 nitrogen and oxygen atoms in total. The lowest BCUT2D eigenvalue weighted by Crippen LogP contribution is -2.55. The van der Waals surface area contributed by atoms with E-state index in [1.165, 1.54) is 12.1 Å². The zero-order valence-electron chi connectivity index (χ0n) is 26.1. The van der Waals surface area contributed by atoms with Crippen LogP contribution in [0.5, 0.6) is 0 Å². The van der Waals surface area contributed by atoms with Gasteiger partial charge in [0.25, 0.3) is 11.8 Å². The van der Waals surface area contributed by atoms with Crippen LogP contribution in [0.2, 0.25) is 0 Å². The highest BCUT2D eigenvalue weighted by molar-refractivity contribution is 5.96. The van der Waals surface area contributed by atoms with Gasteiger partial charge in [0.2, 0.25) is 0 Å². The largest absolute Gasteiger partial charge is 0.422 e. The average Bonchev–Trinajstić information content (AvgIpc) is 3.05. The van der Waals surface area contributed by atoms with Crippen LogP contribution in [0, 0.1) is 0 Å². The third-order valence-corrected chi connectivity index (χ3v) is 8.44. The first-order valence-corrected chi connectivity index (χ1v) is 15.6. The van der Waals surface area contributed by atoms with Crippen molar-refractivity contribution in [2.24, 2.45) is 0 Å². The summed E-state index contributed by atoms with van der Waals surface area (Å²) in [5.41, 5.74) is 6.28. The lowest BCUT2D eigenvalue weighted by Gasteiger charge is -2.40. The van der Waals surface area contributed by atoms with Crippen molar-refractivity contribution in [2.75, 3.05) is 38.5 Å². The zero-order chi connectivity index (χ0) is 33.4. The van der Waals surface area contributed by atoms with Gasteiger partial charge in [-0.2, -0.15) is 0 Å². The summed E-state index contributed by atoms with van der Waals surface area (Å²) >= 11 is 0. The minimum atomic E-state index is -1.55. The van der Waals surface area contributed by atoms with Gasteiger partial charge < -0.3 is 50.8 Å². The molecule has 0 bridgehead atoms. The van der Waals surface area contributed by atoms with Gasteiger partial charge in [-0.1, -0.05) is 26.0 Å². The lowest BCUT2D eigenvalue weighted by molar-refractivity contribution is -0.231. The van der Waals surface area contributed by atoms with E-state index in [0.29, 0.717) is 35.0 Å². The summed E-state index contributed by atoms with van der Waals surface area (Å²) in [6, 6.07) is 12.6. The van der Waals surface area contributed by atoms with Gasteiger partial charge in [-0.25, -0.2) is 4.79 Å². The predicted molar refractivity (Wildman–Crippen MR) is 171 cm³/mol. The van der Waals surface area contributed by atoms with Crippen molar-refractivity contribution in [1.82, 2.24) is 15.5 Å². The van der Waals surface area contributed by atoms with E-state index >= 15 is 0 Å². The van der Waals surface area contributed by atoms with E-state index in [-0.39, 0.29) is 29.6 Å². The number of ether oxygens (including phenoxy) is 1. The van der Waals surface area contributed by atoms with Crippen LogP contribution < -0.4 is 22.0 Å². The molecule has 2 aromatic carbocycles. The highest BCUT2D eigenvalue weighted by Gasteiger charge is 2.44. The molecule has 13 heteroatoms. The van der Waals surface area contributed by atoms with Crippen LogP contribution >= 0.6 is 0 Å². The number of nitrogens with one attached hydrogen (secondary N) is 2. The Morgan fingerprint density at radius 1 is 0.957 bits per heavy atom. The molecule has 0 aliphatic carbocycles. The molecule has 3 aromatic rings. The fourth-order valence-corrected chi connectivity index (χ4v) is 5.56. The van der Waals surface area contributed by atoms with Crippen molar-refractivity contribution in [3.05, 3.63) is 75.6 Å². The summed E-state index contributed by atoms with van der Waals surface area (Å²) in [6.45, 7) is 6.47. The standard InChI is InChI=1S/C33H44N4O9/c1-3-37(4-2)15-13-23(36-31(42)19-9-11-22(34)12-10-19)6-5-14-35-32(43)24-16-20-7-8-21(17-25(20)46-33(24)44)30-29(41)28(40)27(39)26(18-38)45-30/h7-12,16-17,23,26-30,38-41H,3-6,13-15,18,34H2,1-2H3,(H,35,43)(H,36,42)/t23?,26-,27+,28+,29-,30+/m1/s1. The van der Waals surface area contributed by atoms with E-state index in [1.807, 2.05) is 0 Å². The number of aliphatic hydroxyl groups excluding tert-OH is 4. The number of fused-ring (bicyclic) bond motifs is 1. The number of anilines is 1. The van der Waals surface area contributed by atoms with E-state index in [9.17, 15) is 34.8 Å². The molecule has 2 amide bonds. The van der Waals surface area contributed by atoms with Crippen molar-refractivity contribution >= 4 is 28.5 Å². The van der Waals surface area contributed by atoms with Crippen LogP contribution in [-0.2, 0) is 4.74 Å². The molecule has 2 heterocycles. The van der Waals surface area contributed by atoms with E-state index in [4.69, 9.17) is 14.9 Å². The van der Waals surface area contributed by atoms with E-state index < -0.39 is 48.7 Å². The van der Waals surface area contributed by atoms with Crippen LogP contribution in [0.1, 0.15) is 65.5 Å². The number of nitrogen functional groups attached to an aromatic ring is 1. The highest BCUT2D eigenvalue weighted by Crippen LogP contribution is 2.33. The SMILES string of the molecule is CCN(CC)CCC(CCCNC(=O)c1cc2ccc([C@@H]3O[C@H](CO)[C@H](O)[C@H](O)[C@H]3O)cc2oc1=O)NC(=O)c1ccc(N)cc1. The Morgan fingerprint density at radius 3 is 2.35 bits per heavy atom. The van der Waals surface area contributed by atoms with Gasteiger partial charge in [0.05, 0.1) is 6.61 Å². The summed E-state index contributed by atoms with van der Waals surface area (Å²) in [5, 5.41) is 46.4. The average molecular weight is 641 g/mol. The lowest BCUT2D eigenvalue weighted by atomic mass is 9.91. The van der Waals surface area contributed by atoms with Gasteiger partial charge in [-0.3, -0.25) is 9.59 Å². The van der Waals surface area contributed by atoms with E-state index in [1.54, 1.807) is 36.4 Å². The Hall–Kier alpha value is -3.85. The third-order valence-electron chi connectivity index (χ3n) is 8.44. The maximum Gasteiger partial charge on any atom is 0.349 e. The number of aliphatic hydroxyl groups is 4. The number of benzene rings is 2. The predicted octanol–water partition coefficient (Wildman–Crippen LogP) is 0.931. The third kappa shape index (κ3) is 8.49. The number of nitrogens with two attached hydrogens (primary N) is 1. The summed E-state index contributed by atoms with van der Waals surface area (Å²) in [6.07, 6.45) is -4.84. The van der Waals surface area contributed by atoms with Crippen molar-refractivity contribution in [3.8, 4) is 0 Å². The highest BCUT2D eigenvalue weighted by atomic mass is 16.5. The van der Waals surface area contributed by atoms with Crippen molar-refractivity contribution in [1.29, 1.82) is 0 Å². The van der Waals surface area contributed by atoms with Crippen LogP contribution in [0.25, 0.3) is 11.0 Å². The molecule has 0 saturated carbocycles. The van der Waals surface area contributed by atoms with Crippen LogP contribution in [-0.4, -0.2) is 100 Å². The van der Waals surface area contributed by atoms with Crippen molar-refractivity contribution in [2.45, 2.75) is 69.7 Å². The molecule has 46 heavy (non-hydrogen) atoms. The molecule has 1 aromatic heterocycles. The topological polar surface area (TPSA) is 208 Å². The molecule has 1 saturated heterocycles. The van der Waals surface area contributed by atoms with E-state index in [2.05, 4.69) is 29.4 Å². The van der Waals surface area contributed by atoms with Crippen LogP contribution in [0.15, 0.2) is 57.7 Å². The molecule has 8 N–H and O–H groups in total. The fourth-order valence-electron chi connectivity index (χ4n) is 5.56. The Labute approximate surface area is 267 Å². The minimum absolute atomic E-state index is 0.129. The Kier molecular flexibility index (Phi) is 12.3. The number of carbonyl (C=O) groups excluding carboxylic acids is 2. The monoisotopic (exact) mass is 640 g/mol. The Morgan fingerprint density at radius 2 is 1.67 bits per heavy atom. The number of hydrogen-bond acceptors (Lipinski definition) is 11. The molecular formula is C33H44N4O9. The van der Waals surface area contributed by atoms with Crippen molar-refractivity contribution in [3.63, 3.8) is 0 Å². The summed E-state index contributed by atoms with van der Waals surface area (Å²) in [7, 11) is 0. The van der Waals surface area contributed by atoms with Gasteiger partial charge in [0.15, 0.2) is 0 Å². The van der Waals surface area contributed by atoms with Gasteiger partial charge >= 0.3 is 5.63 Å². The number of nitrogens with zero attached hydrogens (tertiary/aromatic N) is 1. The smallest absolute Gasteiger partial charge is 0.349 e. The first-order valence-electron chi connectivity index (χ1n) is 15.6. The van der Waals surface area contributed by atoms with Crippen LogP contribution in [0.4, 0.5) is 5.69 Å². The van der Waals surface area contributed by atoms with Gasteiger partial charge in [0.1, 0.15) is 41.7 Å². The molecule has 1 unspecified atom stereocenters. The van der Waals surface area contributed by atoms with Crippen LogP contribution in [0.3, 0.4) is 0 Å². The summed E-state index contributed by atoms with van der Waals surface area (Å²) in [4.78, 5) is 40.9. The van der Waals surface area contributed by atoms with Gasteiger partial charge in [0, 0.05) is 35.8 Å². The molecule has 6 atom stereocenters. The summed E-state index contributed by atoms with van der Waals surface area (Å²) in [5.74, 6) is -0.795. The second-order valence-electron chi connectivity index (χ2n) is 11.5. The maximum atomic E-state index is 12.9. The molecular weight excluding hydrogens is 596 g/mol. The fraction of sp³-hybridized carbons (Fsp3) is 0.485. The first-order chi connectivity index (χ1) is 22.1. The van der Waals surface area contributed by atoms with Crippen molar-refractivity contribution < 1.29 is 39.2 Å². The zero-order valence-corrected chi connectivity index (χ0v) is 26.1. The Balaban J connectivity index is 1.38.